The molecule has 0 bridgehead atoms. The number of nitrogens with one attached hydrogen (secondary N) is 2. The highest BCUT2D eigenvalue weighted by atomic mass is 16.5. The molecule has 0 saturated heterocycles. The molecule has 0 radical (unpaired) electrons. The Balaban J connectivity index is 1.36. The Labute approximate surface area is 176 Å². The zero-order chi connectivity index (χ0) is 21.1. The molecule has 4 rings (SSSR count). The quantitative estimate of drug-likeness (QED) is 0.620. The van der Waals surface area contributed by atoms with E-state index in [2.05, 4.69) is 48.4 Å². The van der Waals surface area contributed by atoms with Gasteiger partial charge in [-0.2, -0.15) is 10.2 Å². The number of rotatable bonds is 5. The SMILES string of the molecule is CC(C)(C)n1ccc(C2=CC(c3cc(NC(=O)OCc4ccccc4)[nH]n3)CC2)n1. The van der Waals surface area contributed by atoms with Crippen LogP contribution in [0.5, 0.6) is 0 Å². The van der Waals surface area contributed by atoms with Gasteiger partial charge in [-0.05, 0) is 50.8 Å². The summed E-state index contributed by atoms with van der Waals surface area (Å²) in [5.74, 6) is 0.730. The molecule has 1 amide bonds. The van der Waals surface area contributed by atoms with E-state index in [1.54, 1.807) is 0 Å². The van der Waals surface area contributed by atoms with Gasteiger partial charge in [0.05, 0.1) is 16.9 Å². The topological polar surface area (TPSA) is 84.8 Å². The first-order valence-electron chi connectivity index (χ1n) is 10.2. The summed E-state index contributed by atoms with van der Waals surface area (Å²) >= 11 is 0. The van der Waals surface area contributed by atoms with E-state index >= 15 is 0 Å². The van der Waals surface area contributed by atoms with Crippen LogP contribution >= 0.6 is 0 Å². The molecule has 30 heavy (non-hydrogen) atoms. The van der Waals surface area contributed by atoms with Gasteiger partial charge in [0, 0.05) is 18.2 Å². The fraction of sp³-hybridized carbons (Fsp3) is 0.348. The number of hydrogen-bond acceptors (Lipinski definition) is 4. The van der Waals surface area contributed by atoms with Crippen molar-refractivity contribution in [1.82, 2.24) is 20.0 Å². The summed E-state index contributed by atoms with van der Waals surface area (Å²) in [6, 6.07) is 13.5. The largest absolute Gasteiger partial charge is 0.444 e. The van der Waals surface area contributed by atoms with Crippen molar-refractivity contribution in [1.29, 1.82) is 0 Å². The maximum Gasteiger partial charge on any atom is 0.413 e. The van der Waals surface area contributed by atoms with Gasteiger partial charge in [0.15, 0.2) is 0 Å². The van der Waals surface area contributed by atoms with Crippen molar-refractivity contribution in [3.8, 4) is 0 Å². The van der Waals surface area contributed by atoms with E-state index in [9.17, 15) is 4.79 Å². The number of carbonyl (C=O) groups is 1. The third-order valence-corrected chi connectivity index (χ3v) is 5.16. The van der Waals surface area contributed by atoms with Crippen LogP contribution in [0.25, 0.3) is 5.57 Å². The van der Waals surface area contributed by atoms with Crippen LogP contribution in [0.1, 0.15) is 56.5 Å². The van der Waals surface area contributed by atoms with Crippen molar-refractivity contribution in [3.05, 3.63) is 71.7 Å². The highest BCUT2D eigenvalue weighted by Crippen LogP contribution is 2.37. The van der Waals surface area contributed by atoms with Crippen LogP contribution in [0.15, 0.2) is 54.7 Å². The molecule has 1 atom stereocenters. The first-order valence-corrected chi connectivity index (χ1v) is 10.2. The van der Waals surface area contributed by atoms with Gasteiger partial charge in [-0.1, -0.05) is 36.4 Å². The van der Waals surface area contributed by atoms with Crippen molar-refractivity contribution in [2.75, 3.05) is 5.32 Å². The highest BCUT2D eigenvalue weighted by Gasteiger charge is 2.23. The van der Waals surface area contributed by atoms with E-state index in [4.69, 9.17) is 9.84 Å². The third-order valence-electron chi connectivity index (χ3n) is 5.16. The first kappa shape index (κ1) is 19.9. The summed E-state index contributed by atoms with van der Waals surface area (Å²) in [6.45, 7) is 6.64. The van der Waals surface area contributed by atoms with Crippen molar-refractivity contribution in [2.45, 2.75) is 51.7 Å². The van der Waals surface area contributed by atoms with E-state index in [1.807, 2.05) is 47.3 Å². The molecule has 2 aromatic heterocycles. The van der Waals surface area contributed by atoms with Crippen LogP contribution in [0.3, 0.4) is 0 Å². The second kappa shape index (κ2) is 8.18. The third kappa shape index (κ3) is 4.62. The summed E-state index contributed by atoms with van der Waals surface area (Å²) < 4.78 is 7.25. The summed E-state index contributed by atoms with van der Waals surface area (Å²) in [5, 5.41) is 14.7. The Bertz CT molecular complexity index is 1040. The number of amides is 1. The Morgan fingerprint density at radius 3 is 2.80 bits per heavy atom. The lowest BCUT2D eigenvalue weighted by molar-refractivity contribution is 0.155. The monoisotopic (exact) mass is 405 g/mol. The van der Waals surface area contributed by atoms with Gasteiger partial charge in [0.2, 0.25) is 0 Å². The van der Waals surface area contributed by atoms with Gasteiger partial charge in [-0.15, -0.1) is 0 Å². The summed E-state index contributed by atoms with van der Waals surface area (Å²) in [5.41, 5.74) is 4.07. The fourth-order valence-corrected chi connectivity index (χ4v) is 3.50. The molecule has 3 aromatic rings. The minimum absolute atomic E-state index is 0.0330. The molecule has 156 valence electrons. The predicted octanol–water partition coefficient (Wildman–Crippen LogP) is 5.07. The summed E-state index contributed by atoms with van der Waals surface area (Å²) in [4.78, 5) is 12.0. The Hall–Kier alpha value is -3.35. The summed E-state index contributed by atoms with van der Waals surface area (Å²) in [7, 11) is 0. The van der Waals surface area contributed by atoms with Gasteiger partial charge in [-0.25, -0.2) is 4.79 Å². The van der Waals surface area contributed by atoms with E-state index in [-0.39, 0.29) is 18.1 Å². The maximum atomic E-state index is 12.0. The maximum absolute atomic E-state index is 12.0. The van der Waals surface area contributed by atoms with Gasteiger partial charge in [0.25, 0.3) is 0 Å². The second-order valence-electron chi connectivity index (χ2n) is 8.55. The normalized spacial score (nSPS) is 16.4. The predicted molar refractivity (Wildman–Crippen MR) is 116 cm³/mol. The van der Waals surface area contributed by atoms with Crippen molar-refractivity contribution >= 4 is 17.5 Å². The lowest BCUT2D eigenvalue weighted by atomic mass is 10.1. The van der Waals surface area contributed by atoms with Crippen LogP contribution in [0, 0.1) is 0 Å². The Kier molecular flexibility index (Phi) is 5.44. The zero-order valence-electron chi connectivity index (χ0n) is 17.6. The van der Waals surface area contributed by atoms with Crippen LogP contribution in [-0.4, -0.2) is 26.1 Å². The molecule has 1 aliphatic carbocycles. The average Bonchev–Trinajstić information content (AvgIpc) is 3.46. The van der Waals surface area contributed by atoms with Crippen LogP contribution in [-0.2, 0) is 16.9 Å². The minimum Gasteiger partial charge on any atom is -0.444 e. The number of H-pyrrole nitrogens is 1. The number of hydrogen-bond donors (Lipinski definition) is 2. The molecular weight excluding hydrogens is 378 g/mol. The van der Waals surface area contributed by atoms with Crippen LogP contribution in [0.2, 0.25) is 0 Å². The number of allylic oxidation sites excluding steroid dienone is 2. The van der Waals surface area contributed by atoms with Crippen molar-refractivity contribution in [2.24, 2.45) is 0 Å². The first-order chi connectivity index (χ1) is 14.4. The molecule has 0 fully saturated rings. The van der Waals surface area contributed by atoms with E-state index in [0.29, 0.717) is 5.82 Å². The molecule has 1 aliphatic rings. The van der Waals surface area contributed by atoms with Gasteiger partial charge in [-0.3, -0.25) is 15.1 Å². The molecule has 1 unspecified atom stereocenters. The van der Waals surface area contributed by atoms with Crippen molar-refractivity contribution in [3.63, 3.8) is 0 Å². The van der Waals surface area contributed by atoms with Crippen LogP contribution < -0.4 is 5.32 Å². The number of anilines is 1. The van der Waals surface area contributed by atoms with Gasteiger partial charge in [0.1, 0.15) is 12.4 Å². The minimum atomic E-state index is -0.510. The molecule has 2 heterocycles. The van der Waals surface area contributed by atoms with Crippen molar-refractivity contribution < 1.29 is 9.53 Å². The standard InChI is InChI=1S/C23H27N5O2/c1-23(2,3)28-12-11-19(27-28)17-9-10-18(13-17)20-14-21(26-25-20)24-22(29)30-15-16-7-5-4-6-8-16/h4-8,11-14,18H,9-10,15H2,1-3H3,(H2,24,25,26,29). The zero-order valence-corrected chi connectivity index (χ0v) is 17.6. The molecule has 0 saturated carbocycles. The smallest absolute Gasteiger partial charge is 0.413 e. The molecular formula is C23H27N5O2. The van der Waals surface area contributed by atoms with Crippen LogP contribution in [0.4, 0.5) is 10.6 Å². The molecule has 7 nitrogen and oxygen atoms in total. The number of ether oxygens (including phenoxy) is 1. The van der Waals surface area contributed by atoms with Gasteiger partial charge >= 0.3 is 6.09 Å². The molecule has 0 spiro atoms. The molecule has 7 heteroatoms. The molecule has 2 N–H and O–H groups in total. The highest BCUT2D eigenvalue weighted by molar-refractivity contribution is 5.83. The number of nitrogens with zero attached hydrogens (tertiary/aromatic N) is 3. The Morgan fingerprint density at radius 1 is 1.27 bits per heavy atom. The molecule has 0 aliphatic heterocycles. The van der Waals surface area contributed by atoms with Gasteiger partial charge < -0.3 is 4.74 Å². The summed E-state index contributed by atoms with van der Waals surface area (Å²) in [6.07, 6.45) is 5.68. The fourth-order valence-electron chi connectivity index (χ4n) is 3.50. The lowest BCUT2D eigenvalue weighted by Crippen LogP contribution is -2.22. The number of carbonyl (C=O) groups excluding carboxylic acids is 1. The van der Waals surface area contributed by atoms with E-state index in [1.165, 1.54) is 5.57 Å². The van der Waals surface area contributed by atoms with E-state index < -0.39 is 6.09 Å². The Morgan fingerprint density at radius 2 is 2.07 bits per heavy atom. The van der Waals surface area contributed by atoms with E-state index in [0.717, 1.165) is 29.8 Å². The average molecular weight is 406 g/mol. The number of benzene rings is 1. The number of aromatic amines is 1. The number of aromatic nitrogens is 4. The molecule has 1 aromatic carbocycles. The second-order valence-corrected chi connectivity index (χ2v) is 8.55. The lowest BCUT2D eigenvalue weighted by Gasteiger charge is -2.18.